The molecule has 0 spiro atoms. The Hall–Kier alpha value is -3.66. The molecule has 1 saturated heterocycles. The van der Waals surface area contributed by atoms with Crippen LogP contribution in [0.15, 0.2) is 53.1 Å². The Morgan fingerprint density at radius 1 is 0.977 bits per heavy atom. The van der Waals surface area contributed by atoms with Gasteiger partial charge in [0.25, 0.3) is 5.91 Å². The normalized spacial score (nSPS) is 18.7. The molecule has 240 valence electrons. The van der Waals surface area contributed by atoms with Gasteiger partial charge in [0.2, 0.25) is 5.91 Å². The van der Waals surface area contributed by atoms with E-state index in [4.69, 9.17) is 9.15 Å². The second-order valence-corrected chi connectivity index (χ2v) is 12.6. The summed E-state index contributed by atoms with van der Waals surface area (Å²) in [6, 6.07) is 11.1. The molecule has 0 bridgehead atoms. The molecule has 10 heteroatoms. The number of likely N-dealkylation sites (tertiary alicyclic amines) is 1. The van der Waals surface area contributed by atoms with Crippen LogP contribution in [-0.4, -0.2) is 65.0 Å². The van der Waals surface area contributed by atoms with Crippen LogP contribution in [-0.2, 0) is 25.5 Å². The largest absolute Gasteiger partial charge is 0.467 e. The van der Waals surface area contributed by atoms with Gasteiger partial charge in [-0.15, -0.1) is 0 Å². The quantitative estimate of drug-likeness (QED) is 0.299. The van der Waals surface area contributed by atoms with Crippen LogP contribution < -0.4 is 10.6 Å². The molecule has 1 saturated carbocycles. The van der Waals surface area contributed by atoms with Gasteiger partial charge in [0.15, 0.2) is 6.10 Å². The summed E-state index contributed by atoms with van der Waals surface area (Å²) in [7, 11) is 0. The highest BCUT2D eigenvalue weighted by atomic mass is 16.6. The Kier molecular flexibility index (Phi) is 12.4. The highest BCUT2D eigenvalue weighted by Crippen LogP contribution is 2.31. The fraction of sp³-hybridized carbons (Fsp3) is 0.588. The lowest BCUT2D eigenvalue weighted by Gasteiger charge is -2.31. The number of rotatable bonds is 13. The molecule has 0 unspecified atom stereocenters. The number of nitrogens with one attached hydrogen (secondary N) is 2. The Balaban J connectivity index is 1.49. The summed E-state index contributed by atoms with van der Waals surface area (Å²) in [4.78, 5) is 53.7. The molecule has 44 heavy (non-hydrogen) atoms. The number of ketones is 1. The number of amides is 3. The first-order valence-corrected chi connectivity index (χ1v) is 16.0. The zero-order valence-corrected chi connectivity index (χ0v) is 25.9. The predicted molar refractivity (Wildman–Crippen MR) is 164 cm³/mol. The van der Waals surface area contributed by atoms with Gasteiger partial charge in [-0.3, -0.25) is 14.4 Å². The minimum atomic E-state index is -1.18. The zero-order chi connectivity index (χ0) is 31.5. The lowest BCUT2D eigenvalue weighted by molar-refractivity contribution is -0.135. The third-order valence-corrected chi connectivity index (χ3v) is 8.57. The summed E-state index contributed by atoms with van der Waals surface area (Å²) in [5, 5.41) is 17.1. The van der Waals surface area contributed by atoms with E-state index in [1.807, 2.05) is 44.2 Å². The first-order chi connectivity index (χ1) is 21.2. The monoisotopic (exact) mass is 609 g/mol. The molecule has 1 aromatic carbocycles. The Labute approximate surface area is 259 Å². The number of carbonyl (C=O) groups is 4. The van der Waals surface area contributed by atoms with Crippen molar-refractivity contribution in [3.8, 4) is 0 Å². The van der Waals surface area contributed by atoms with Gasteiger partial charge < -0.3 is 29.8 Å². The predicted octanol–water partition coefficient (Wildman–Crippen LogP) is 4.71. The lowest BCUT2D eigenvalue weighted by atomic mass is 9.83. The summed E-state index contributed by atoms with van der Waals surface area (Å²) < 4.78 is 11.2. The maximum Gasteiger partial charge on any atom is 0.410 e. The van der Waals surface area contributed by atoms with Crippen LogP contribution in [0.25, 0.3) is 0 Å². The van der Waals surface area contributed by atoms with Crippen LogP contribution in [0, 0.1) is 11.8 Å². The van der Waals surface area contributed by atoms with Crippen molar-refractivity contribution in [3.05, 3.63) is 60.1 Å². The molecule has 1 aliphatic heterocycles. The van der Waals surface area contributed by atoms with Crippen molar-refractivity contribution in [2.24, 2.45) is 11.8 Å². The van der Waals surface area contributed by atoms with E-state index in [0.29, 0.717) is 24.5 Å². The molecule has 2 heterocycles. The molecule has 4 atom stereocenters. The van der Waals surface area contributed by atoms with E-state index in [1.165, 1.54) is 17.6 Å². The molecule has 2 aromatic rings. The molecule has 1 aromatic heterocycles. The number of hydrogen-bond donors (Lipinski definition) is 3. The third kappa shape index (κ3) is 9.94. The number of benzene rings is 1. The van der Waals surface area contributed by atoms with Gasteiger partial charge in [-0.25, -0.2) is 4.79 Å². The van der Waals surface area contributed by atoms with Gasteiger partial charge in [0.1, 0.15) is 23.7 Å². The average molecular weight is 610 g/mol. The van der Waals surface area contributed by atoms with Gasteiger partial charge in [-0.05, 0) is 42.4 Å². The second kappa shape index (κ2) is 16.4. The number of Topliss-reactive ketones (excluding diaryl/α,β-unsaturated/α-hetero) is 1. The summed E-state index contributed by atoms with van der Waals surface area (Å²) in [5.41, 5.74) is 0.799. The Bertz CT molecular complexity index is 1200. The molecule has 10 nitrogen and oxygen atoms in total. The fourth-order valence-electron chi connectivity index (χ4n) is 6.11. The van der Waals surface area contributed by atoms with Gasteiger partial charge in [0, 0.05) is 32.4 Å². The SMILES string of the molecule is CC(C)C[C@H](NC(=O)[C@H](Cc1ccccc1)OC(=O)N1CCC(=O)CC1)C(=O)N[C@@H](CC1CCCCC1)[C@@H](O)c1ccco1. The van der Waals surface area contributed by atoms with E-state index in [-0.39, 0.29) is 44.1 Å². The fourth-order valence-corrected chi connectivity index (χ4v) is 6.11. The number of piperidine rings is 1. The van der Waals surface area contributed by atoms with Gasteiger partial charge in [0.05, 0.1) is 12.3 Å². The van der Waals surface area contributed by atoms with Crippen molar-refractivity contribution in [1.29, 1.82) is 0 Å². The Morgan fingerprint density at radius 3 is 2.32 bits per heavy atom. The summed E-state index contributed by atoms with van der Waals surface area (Å²) >= 11 is 0. The molecule has 1 aliphatic carbocycles. The summed E-state index contributed by atoms with van der Waals surface area (Å²) in [6.07, 6.45) is 5.75. The van der Waals surface area contributed by atoms with Crippen molar-refractivity contribution in [3.63, 3.8) is 0 Å². The smallest absolute Gasteiger partial charge is 0.410 e. The number of hydrogen-bond acceptors (Lipinski definition) is 7. The molecule has 2 fully saturated rings. The molecule has 0 radical (unpaired) electrons. The average Bonchev–Trinajstić information content (AvgIpc) is 3.56. The molecule has 3 amide bonds. The molecule has 3 N–H and O–H groups in total. The second-order valence-electron chi connectivity index (χ2n) is 12.6. The van der Waals surface area contributed by atoms with Crippen LogP contribution in [0.2, 0.25) is 0 Å². The number of aliphatic hydroxyl groups is 1. The van der Waals surface area contributed by atoms with Crippen molar-refractivity contribution < 1.29 is 33.4 Å². The van der Waals surface area contributed by atoms with Gasteiger partial charge >= 0.3 is 6.09 Å². The van der Waals surface area contributed by atoms with E-state index in [9.17, 15) is 24.3 Å². The minimum absolute atomic E-state index is 0.0684. The van der Waals surface area contributed by atoms with E-state index < -0.39 is 42.2 Å². The summed E-state index contributed by atoms with van der Waals surface area (Å²) in [6.45, 7) is 4.41. The maximum atomic E-state index is 13.8. The topological polar surface area (TPSA) is 138 Å². The Morgan fingerprint density at radius 2 is 1.68 bits per heavy atom. The van der Waals surface area contributed by atoms with Crippen molar-refractivity contribution in [2.45, 2.75) is 102 Å². The highest BCUT2D eigenvalue weighted by Gasteiger charge is 2.34. The number of ether oxygens (including phenoxy) is 1. The number of furan rings is 1. The van der Waals surface area contributed by atoms with Crippen LogP contribution in [0.1, 0.15) is 89.1 Å². The van der Waals surface area contributed by atoms with Crippen LogP contribution >= 0.6 is 0 Å². The molecule has 4 rings (SSSR count). The first-order valence-electron chi connectivity index (χ1n) is 16.0. The highest BCUT2D eigenvalue weighted by molar-refractivity contribution is 5.90. The number of aliphatic hydroxyl groups excluding tert-OH is 1. The molecular weight excluding hydrogens is 562 g/mol. The van der Waals surface area contributed by atoms with Gasteiger partial charge in [-0.1, -0.05) is 76.3 Å². The minimum Gasteiger partial charge on any atom is -0.467 e. The molecular formula is C34H47N3O7. The van der Waals surface area contributed by atoms with E-state index in [1.54, 1.807) is 12.1 Å². The van der Waals surface area contributed by atoms with Crippen molar-refractivity contribution in [2.75, 3.05) is 13.1 Å². The van der Waals surface area contributed by atoms with Crippen LogP contribution in [0.4, 0.5) is 4.79 Å². The zero-order valence-electron chi connectivity index (χ0n) is 25.9. The van der Waals surface area contributed by atoms with Crippen LogP contribution in [0.3, 0.4) is 0 Å². The number of nitrogens with zero attached hydrogens (tertiary/aromatic N) is 1. The summed E-state index contributed by atoms with van der Waals surface area (Å²) in [5.74, 6) is -0.0707. The third-order valence-electron chi connectivity index (χ3n) is 8.57. The van der Waals surface area contributed by atoms with E-state index in [2.05, 4.69) is 10.6 Å². The van der Waals surface area contributed by atoms with Crippen molar-refractivity contribution >= 4 is 23.7 Å². The maximum absolute atomic E-state index is 13.8. The first kappa shape index (κ1) is 33.2. The van der Waals surface area contributed by atoms with E-state index in [0.717, 1.165) is 31.2 Å². The lowest BCUT2D eigenvalue weighted by Crippen LogP contribution is -2.54. The van der Waals surface area contributed by atoms with Crippen LogP contribution in [0.5, 0.6) is 0 Å². The standard InChI is InChI=1S/C34H47N3O7/c1-23(2)20-28(32(40)35-27(21-24-10-5-3-6-11-24)31(39)29-14-9-19-43-29)36-33(41)30(22-25-12-7-4-8-13-25)44-34(42)37-17-15-26(38)16-18-37/h4,7-9,12-14,19,23-24,27-28,30-31,39H,3,5-6,10-11,15-18,20-22H2,1-2H3,(H,35,40)(H,36,41)/t27-,28-,30-,31+/m0/s1. The van der Waals surface area contributed by atoms with Gasteiger partial charge in [-0.2, -0.15) is 0 Å². The van der Waals surface area contributed by atoms with E-state index >= 15 is 0 Å². The molecule has 2 aliphatic rings. The van der Waals surface area contributed by atoms with Crippen molar-refractivity contribution in [1.82, 2.24) is 15.5 Å². The number of carbonyl (C=O) groups excluding carboxylic acids is 4.